The smallest absolute Gasteiger partial charge is 0.348 e. The molecule has 2 rings (SSSR count). The molecule has 8 heteroatoms. The molecule has 1 aliphatic rings. The summed E-state index contributed by atoms with van der Waals surface area (Å²) >= 11 is 1.58. The maximum absolute atomic E-state index is 13.4. The molecule has 1 aromatic rings. The van der Waals surface area contributed by atoms with Gasteiger partial charge in [-0.2, -0.15) is 0 Å². The molecule has 0 spiro atoms. The Morgan fingerprint density at radius 2 is 1.72 bits per heavy atom. The number of rotatable bonds is 7. The Kier molecular flexibility index (Phi) is 6.27. The molecule has 0 unspecified atom stereocenters. The van der Waals surface area contributed by atoms with Crippen LogP contribution in [-0.2, 0) is 23.1 Å². The van der Waals surface area contributed by atoms with E-state index in [0.717, 1.165) is 4.90 Å². The molecule has 1 aliphatic carbocycles. The minimum Gasteiger partial charge on any atom is -0.468 e. The van der Waals surface area contributed by atoms with Crippen molar-refractivity contribution < 1.29 is 23.1 Å². The molecule has 0 amide bonds. The van der Waals surface area contributed by atoms with Crippen LogP contribution in [0.3, 0.4) is 0 Å². The first-order valence-electron chi connectivity index (χ1n) is 8.18. The van der Waals surface area contributed by atoms with Gasteiger partial charge in [0.1, 0.15) is 0 Å². The van der Waals surface area contributed by atoms with E-state index in [-0.39, 0.29) is 5.25 Å². The van der Waals surface area contributed by atoms with Crippen LogP contribution in [0, 0.1) is 0 Å². The Morgan fingerprint density at radius 1 is 1.16 bits per heavy atom. The van der Waals surface area contributed by atoms with Gasteiger partial charge in [-0.05, 0) is 24.1 Å². The van der Waals surface area contributed by atoms with E-state index in [0.29, 0.717) is 12.0 Å². The van der Waals surface area contributed by atoms with Gasteiger partial charge in [-0.15, -0.1) is 11.8 Å². The predicted octanol–water partition coefficient (Wildman–Crippen LogP) is 4.66. The number of benzene rings is 1. The van der Waals surface area contributed by atoms with Gasteiger partial charge in [0.15, 0.2) is 5.16 Å². The normalized spacial score (nSPS) is 26.8. The number of thioether (sulfide) groups is 1. The number of carbonyl (C=O) groups excluding carboxylic acids is 1. The fourth-order valence-corrected chi connectivity index (χ4v) is 11.2. The SMILES string of the molecule is COC(=O)[C@]1(P(=O)(OC)OC)C[C@H]([Si](C)(C)C)[C@H]1Sc1ccccc1. The van der Waals surface area contributed by atoms with Crippen molar-refractivity contribution in [1.29, 1.82) is 0 Å². The van der Waals surface area contributed by atoms with Gasteiger partial charge >= 0.3 is 13.6 Å². The maximum atomic E-state index is 13.4. The van der Waals surface area contributed by atoms with E-state index in [9.17, 15) is 9.36 Å². The molecule has 1 aromatic carbocycles. The van der Waals surface area contributed by atoms with Crippen molar-refractivity contribution in [1.82, 2.24) is 0 Å². The summed E-state index contributed by atoms with van der Waals surface area (Å²) in [5, 5.41) is -1.48. The third-order valence-corrected chi connectivity index (χ3v) is 12.3. The standard InChI is InChI=1S/C17H27O5PSSi/c1-20-16(18)17(23(19,21-2)22-3)12-14(25(4,5)6)15(17)24-13-10-8-7-9-11-13/h7-11,14-15H,12H2,1-6H3/t14-,15+,17-/m0/s1. The van der Waals surface area contributed by atoms with Crippen LogP contribution in [0.5, 0.6) is 0 Å². The zero-order chi connectivity index (χ0) is 18.9. The van der Waals surface area contributed by atoms with E-state index in [4.69, 9.17) is 13.8 Å². The Labute approximate surface area is 155 Å². The van der Waals surface area contributed by atoms with Gasteiger partial charge in [0.05, 0.1) is 7.11 Å². The molecule has 0 aliphatic heterocycles. The van der Waals surface area contributed by atoms with Gasteiger partial charge in [0, 0.05) is 32.4 Å². The quantitative estimate of drug-likeness (QED) is 0.376. The summed E-state index contributed by atoms with van der Waals surface area (Å²) in [6.07, 6.45) is 0.471. The molecule has 0 heterocycles. The molecule has 5 nitrogen and oxygen atoms in total. The van der Waals surface area contributed by atoms with E-state index in [1.165, 1.54) is 21.3 Å². The lowest BCUT2D eigenvalue weighted by atomic mass is 9.82. The molecule has 0 radical (unpaired) electrons. The first-order valence-corrected chi connectivity index (χ1v) is 14.2. The Hall–Kier alpha value is -0.593. The molecule has 0 aromatic heterocycles. The van der Waals surface area contributed by atoms with E-state index in [1.54, 1.807) is 11.8 Å². The summed E-state index contributed by atoms with van der Waals surface area (Å²) in [6, 6.07) is 9.85. The highest BCUT2D eigenvalue weighted by molar-refractivity contribution is 8.00. The minimum atomic E-state index is -3.66. The highest BCUT2D eigenvalue weighted by Crippen LogP contribution is 2.74. The van der Waals surface area contributed by atoms with E-state index in [2.05, 4.69) is 19.6 Å². The van der Waals surface area contributed by atoms with Gasteiger partial charge < -0.3 is 13.8 Å². The van der Waals surface area contributed by atoms with Crippen LogP contribution in [0.15, 0.2) is 35.2 Å². The molecular weight excluding hydrogens is 375 g/mol. The average molecular weight is 403 g/mol. The van der Waals surface area contributed by atoms with E-state index >= 15 is 0 Å². The molecule has 1 fully saturated rings. The Balaban J connectivity index is 2.53. The summed E-state index contributed by atoms with van der Waals surface area (Å²) in [4.78, 5) is 13.8. The van der Waals surface area contributed by atoms with Gasteiger partial charge in [-0.3, -0.25) is 9.36 Å². The van der Waals surface area contributed by atoms with Crippen molar-refractivity contribution in [2.75, 3.05) is 21.3 Å². The lowest BCUT2D eigenvalue weighted by Gasteiger charge is -2.57. The van der Waals surface area contributed by atoms with E-state index < -0.39 is 26.8 Å². The lowest BCUT2D eigenvalue weighted by molar-refractivity contribution is -0.146. The third-order valence-electron chi connectivity index (χ3n) is 4.99. The lowest BCUT2D eigenvalue weighted by Crippen LogP contribution is -2.64. The van der Waals surface area contributed by atoms with Crippen molar-refractivity contribution in [2.24, 2.45) is 0 Å². The highest BCUT2D eigenvalue weighted by Gasteiger charge is 2.73. The summed E-state index contributed by atoms with van der Waals surface area (Å²) in [5.74, 6) is -0.512. The van der Waals surface area contributed by atoms with Gasteiger partial charge in [0.25, 0.3) is 0 Å². The second-order valence-electron chi connectivity index (χ2n) is 7.31. The summed E-state index contributed by atoms with van der Waals surface area (Å²) < 4.78 is 29.0. The van der Waals surface area contributed by atoms with Crippen LogP contribution in [0.4, 0.5) is 0 Å². The summed E-state index contributed by atoms with van der Waals surface area (Å²) in [5.41, 5.74) is 0.301. The van der Waals surface area contributed by atoms with Crippen LogP contribution < -0.4 is 0 Å². The minimum absolute atomic E-state index is 0.209. The third kappa shape index (κ3) is 3.49. The first-order chi connectivity index (χ1) is 11.7. The second kappa shape index (κ2) is 7.57. The summed E-state index contributed by atoms with van der Waals surface area (Å²) in [7, 11) is -1.27. The molecule has 0 saturated heterocycles. The highest BCUT2D eigenvalue weighted by atomic mass is 32.2. The van der Waals surface area contributed by atoms with Crippen LogP contribution in [0.1, 0.15) is 6.42 Å². The topological polar surface area (TPSA) is 61.8 Å². The van der Waals surface area contributed by atoms with Crippen LogP contribution in [0.2, 0.25) is 25.2 Å². The fraction of sp³-hybridized carbons (Fsp3) is 0.588. The number of esters is 1. The van der Waals surface area contributed by atoms with Gasteiger partial charge in [-0.25, -0.2) is 0 Å². The molecule has 0 N–H and O–H groups in total. The first kappa shape index (κ1) is 20.7. The monoisotopic (exact) mass is 402 g/mol. The van der Waals surface area contributed by atoms with Crippen molar-refractivity contribution in [3.05, 3.63) is 30.3 Å². The van der Waals surface area contributed by atoms with Gasteiger partial charge in [0.2, 0.25) is 0 Å². The molecule has 25 heavy (non-hydrogen) atoms. The largest absolute Gasteiger partial charge is 0.468 e. The zero-order valence-electron chi connectivity index (χ0n) is 15.6. The van der Waals surface area contributed by atoms with E-state index in [1.807, 2.05) is 30.3 Å². The number of carbonyl (C=O) groups is 1. The Bertz CT molecular complexity index is 655. The molecule has 1 saturated carbocycles. The van der Waals surface area contributed by atoms with Crippen LogP contribution in [-0.4, -0.2) is 45.8 Å². The molecule has 0 bridgehead atoms. The van der Waals surface area contributed by atoms with Crippen LogP contribution >= 0.6 is 19.4 Å². The van der Waals surface area contributed by atoms with Crippen molar-refractivity contribution in [3.8, 4) is 0 Å². The molecular formula is C17H27O5PSSi. The molecule has 140 valence electrons. The van der Waals surface area contributed by atoms with Crippen molar-refractivity contribution in [3.63, 3.8) is 0 Å². The fourth-order valence-electron chi connectivity index (χ4n) is 3.47. The van der Waals surface area contributed by atoms with Crippen molar-refractivity contribution in [2.45, 2.75) is 46.9 Å². The van der Waals surface area contributed by atoms with Gasteiger partial charge in [-0.1, -0.05) is 37.8 Å². The van der Waals surface area contributed by atoms with Crippen molar-refractivity contribution >= 4 is 33.4 Å². The number of ether oxygens (including phenoxy) is 1. The molecule has 3 atom stereocenters. The number of hydrogen-bond donors (Lipinski definition) is 0. The maximum Gasteiger partial charge on any atom is 0.348 e. The summed E-state index contributed by atoms with van der Waals surface area (Å²) in [6.45, 7) is 6.80. The zero-order valence-corrected chi connectivity index (χ0v) is 18.4. The predicted molar refractivity (Wildman–Crippen MR) is 104 cm³/mol. The Morgan fingerprint density at radius 3 is 2.16 bits per heavy atom. The van der Waals surface area contributed by atoms with Crippen LogP contribution in [0.25, 0.3) is 0 Å². The number of hydrogen-bond acceptors (Lipinski definition) is 6. The second-order valence-corrected chi connectivity index (χ2v) is 16.5. The average Bonchev–Trinajstić information content (AvgIpc) is 2.58. The number of methoxy groups -OCH3 is 1.